The van der Waals surface area contributed by atoms with Gasteiger partial charge < -0.3 is 10.1 Å². The quantitative estimate of drug-likeness (QED) is 0.874. The second-order valence-corrected chi connectivity index (χ2v) is 5.39. The number of esters is 1. The fourth-order valence-electron chi connectivity index (χ4n) is 1.97. The van der Waals surface area contributed by atoms with E-state index in [1.54, 1.807) is 18.2 Å². The molecule has 5 heteroatoms. The van der Waals surface area contributed by atoms with Crippen LogP contribution in [0.2, 0.25) is 5.02 Å². The Morgan fingerprint density at radius 2 is 1.91 bits per heavy atom. The SMILES string of the molecule is Cc1ccc(NC(=O)COC(=O)c2cccc(Cl)c2)c(C)c1. The number of rotatable bonds is 4. The normalized spacial score (nSPS) is 10.1. The second kappa shape index (κ2) is 7.09. The maximum Gasteiger partial charge on any atom is 0.338 e. The zero-order valence-electron chi connectivity index (χ0n) is 12.4. The van der Waals surface area contributed by atoms with Crippen molar-refractivity contribution in [1.82, 2.24) is 0 Å². The number of aryl methyl sites for hydroxylation is 2. The van der Waals surface area contributed by atoms with Gasteiger partial charge in [-0.2, -0.15) is 0 Å². The van der Waals surface area contributed by atoms with Crippen molar-refractivity contribution in [3.63, 3.8) is 0 Å². The van der Waals surface area contributed by atoms with Gasteiger partial charge in [0.05, 0.1) is 5.56 Å². The average molecular weight is 318 g/mol. The molecular weight excluding hydrogens is 302 g/mol. The number of carbonyl (C=O) groups is 2. The lowest BCUT2D eigenvalue weighted by Crippen LogP contribution is -2.21. The molecule has 0 atom stereocenters. The van der Waals surface area contributed by atoms with Gasteiger partial charge >= 0.3 is 5.97 Å². The maximum atomic E-state index is 11.8. The van der Waals surface area contributed by atoms with Gasteiger partial charge in [-0.3, -0.25) is 4.79 Å². The predicted molar refractivity (Wildman–Crippen MR) is 86.3 cm³/mol. The summed E-state index contributed by atoms with van der Waals surface area (Å²) in [5, 5.41) is 3.15. The summed E-state index contributed by atoms with van der Waals surface area (Å²) in [4.78, 5) is 23.6. The maximum absolute atomic E-state index is 11.8. The van der Waals surface area contributed by atoms with Crippen molar-refractivity contribution >= 4 is 29.2 Å². The van der Waals surface area contributed by atoms with Gasteiger partial charge in [-0.25, -0.2) is 4.79 Å². The Hall–Kier alpha value is -2.33. The zero-order chi connectivity index (χ0) is 16.1. The average Bonchev–Trinajstić information content (AvgIpc) is 2.47. The molecule has 1 amide bonds. The number of carbonyl (C=O) groups excluding carboxylic acids is 2. The van der Waals surface area contributed by atoms with Crippen molar-refractivity contribution in [2.24, 2.45) is 0 Å². The molecular formula is C17H16ClNO3. The zero-order valence-corrected chi connectivity index (χ0v) is 13.1. The van der Waals surface area contributed by atoms with Crippen LogP contribution in [0.5, 0.6) is 0 Å². The standard InChI is InChI=1S/C17H16ClNO3/c1-11-6-7-15(12(2)8-11)19-16(20)10-22-17(21)13-4-3-5-14(18)9-13/h3-9H,10H2,1-2H3,(H,19,20). The van der Waals surface area contributed by atoms with E-state index in [1.165, 1.54) is 6.07 Å². The Bertz CT molecular complexity index is 713. The van der Waals surface area contributed by atoms with Crippen molar-refractivity contribution in [2.75, 3.05) is 11.9 Å². The molecule has 0 aliphatic heterocycles. The van der Waals surface area contributed by atoms with E-state index in [4.69, 9.17) is 16.3 Å². The molecule has 0 aliphatic carbocycles. The van der Waals surface area contributed by atoms with E-state index in [0.717, 1.165) is 11.1 Å². The Morgan fingerprint density at radius 3 is 2.59 bits per heavy atom. The van der Waals surface area contributed by atoms with Gasteiger partial charge in [0, 0.05) is 10.7 Å². The molecule has 0 saturated carbocycles. The number of hydrogen-bond donors (Lipinski definition) is 1. The van der Waals surface area contributed by atoms with Crippen LogP contribution in [0, 0.1) is 13.8 Å². The lowest BCUT2D eigenvalue weighted by atomic mass is 10.1. The first-order valence-corrected chi connectivity index (χ1v) is 7.13. The lowest BCUT2D eigenvalue weighted by molar-refractivity contribution is -0.119. The number of halogens is 1. The van der Waals surface area contributed by atoms with E-state index >= 15 is 0 Å². The molecule has 0 heterocycles. The third-order valence-electron chi connectivity index (χ3n) is 3.05. The van der Waals surface area contributed by atoms with Crippen LogP contribution in [0.3, 0.4) is 0 Å². The van der Waals surface area contributed by atoms with E-state index in [1.807, 2.05) is 32.0 Å². The summed E-state index contributed by atoms with van der Waals surface area (Å²) in [6, 6.07) is 12.1. The summed E-state index contributed by atoms with van der Waals surface area (Å²) in [6.45, 7) is 3.53. The smallest absolute Gasteiger partial charge is 0.338 e. The van der Waals surface area contributed by atoms with Crippen LogP contribution in [0.4, 0.5) is 5.69 Å². The number of amides is 1. The number of hydrogen-bond acceptors (Lipinski definition) is 3. The first kappa shape index (κ1) is 16.0. The summed E-state index contributed by atoms with van der Waals surface area (Å²) >= 11 is 5.80. The van der Waals surface area contributed by atoms with Crippen molar-refractivity contribution in [3.8, 4) is 0 Å². The molecule has 2 aromatic carbocycles. The molecule has 0 saturated heterocycles. The molecule has 114 valence electrons. The molecule has 2 aromatic rings. The van der Waals surface area contributed by atoms with Gasteiger partial charge in [0.15, 0.2) is 6.61 Å². The number of anilines is 1. The molecule has 0 bridgehead atoms. The molecule has 0 spiro atoms. The van der Waals surface area contributed by atoms with Crippen molar-refractivity contribution in [1.29, 1.82) is 0 Å². The van der Waals surface area contributed by atoms with Gasteiger partial charge in [-0.1, -0.05) is 35.4 Å². The summed E-state index contributed by atoms with van der Waals surface area (Å²) in [7, 11) is 0. The lowest BCUT2D eigenvalue weighted by Gasteiger charge is -2.09. The van der Waals surface area contributed by atoms with Crippen LogP contribution in [-0.4, -0.2) is 18.5 Å². The van der Waals surface area contributed by atoms with Crippen LogP contribution in [0.1, 0.15) is 21.5 Å². The summed E-state index contributed by atoms with van der Waals surface area (Å²) in [5.41, 5.74) is 3.08. The van der Waals surface area contributed by atoms with Crippen LogP contribution < -0.4 is 5.32 Å². The van der Waals surface area contributed by atoms with E-state index in [9.17, 15) is 9.59 Å². The van der Waals surface area contributed by atoms with Gasteiger partial charge in [0.25, 0.3) is 5.91 Å². The molecule has 0 aromatic heterocycles. The van der Waals surface area contributed by atoms with Crippen LogP contribution in [0.25, 0.3) is 0 Å². The van der Waals surface area contributed by atoms with Gasteiger partial charge in [-0.15, -0.1) is 0 Å². The number of ether oxygens (including phenoxy) is 1. The minimum atomic E-state index is -0.585. The Labute approximate surface area is 134 Å². The number of nitrogens with one attached hydrogen (secondary N) is 1. The fourth-order valence-corrected chi connectivity index (χ4v) is 2.16. The van der Waals surface area contributed by atoms with Crippen molar-refractivity contribution in [3.05, 3.63) is 64.2 Å². The van der Waals surface area contributed by atoms with Crippen LogP contribution >= 0.6 is 11.6 Å². The fraction of sp³-hybridized carbons (Fsp3) is 0.176. The molecule has 0 aliphatic rings. The summed E-state index contributed by atoms with van der Waals surface area (Å²) in [6.07, 6.45) is 0. The topological polar surface area (TPSA) is 55.4 Å². The van der Waals surface area contributed by atoms with Crippen LogP contribution in [0.15, 0.2) is 42.5 Å². The largest absolute Gasteiger partial charge is 0.452 e. The number of benzene rings is 2. The van der Waals surface area contributed by atoms with Gasteiger partial charge in [-0.05, 0) is 43.7 Å². The third-order valence-corrected chi connectivity index (χ3v) is 3.29. The monoisotopic (exact) mass is 317 g/mol. The highest BCUT2D eigenvalue weighted by Gasteiger charge is 2.11. The van der Waals surface area contributed by atoms with Crippen LogP contribution in [-0.2, 0) is 9.53 Å². The van der Waals surface area contributed by atoms with E-state index in [-0.39, 0.29) is 12.5 Å². The van der Waals surface area contributed by atoms with Crippen molar-refractivity contribution in [2.45, 2.75) is 13.8 Å². The predicted octanol–water partition coefficient (Wildman–Crippen LogP) is 3.75. The minimum absolute atomic E-state index is 0.312. The highest BCUT2D eigenvalue weighted by molar-refractivity contribution is 6.30. The Kier molecular flexibility index (Phi) is 5.17. The molecule has 2 rings (SSSR count). The summed E-state index contributed by atoms with van der Waals surface area (Å²) < 4.78 is 4.97. The highest BCUT2D eigenvalue weighted by atomic mass is 35.5. The third kappa shape index (κ3) is 4.33. The first-order chi connectivity index (χ1) is 10.5. The summed E-state index contributed by atoms with van der Waals surface area (Å²) in [5.74, 6) is -0.972. The van der Waals surface area contributed by atoms with E-state index in [0.29, 0.717) is 16.3 Å². The minimum Gasteiger partial charge on any atom is -0.452 e. The van der Waals surface area contributed by atoms with E-state index in [2.05, 4.69) is 5.32 Å². The second-order valence-electron chi connectivity index (χ2n) is 4.95. The molecule has 22 heavy (non-hydrogen) atoms. The van der Waals surface area contributed by atoms with E-state index < -0.39 is 5.97 Å². The Balaban J connectivity index is 1.91. The molecule has 0 unspecified atom stereocenters. The molecule has 1 N–H and O–H groups in total. The van der Waals surface area contributed by atoms with Gasteiger partial charge in [0.1, 0.15) is 0 Å². The molecule has 4 nitrogen and oxygen atoms in total. The molecule has 0 radical (unpaired) electrons. The highest BCUT2D eigenvalue weighted by Crippen LogP contribution is 2.16. The molecule has 0 fully saturated rings. The Morgan fingerprint density at radius 1 is 1.14 bits per heavy atom. The first-order valence-electron chi connectivity index (χ1n) is 6.75. The van der Waals surface area contributed by atoms with Gasteiger partial charge in [0.2, 0.25) is 0 Å². The van der Waals surface area contributed by atoms with Crippen molar-refractivity contribution < 1.29 is 14.3 Å².